The third-order valence-corrected chi connectivity index (χ3v) is 6.45. The van der Waals surface area contributed by atoms with E-state index < -0.39 is 11.5 Å². The number of H-pyrrole nitrogens is 1. The number of benzene rings is 1. The first-order valence-corrected chi connectivity index (χ1v) is 11.0. The molecule has 2 aliphatic rings. The van der Waals surface area contributed by atoms with Crippen LogP contribution in [0.15, 0.2) is 24.4 Å². The van der Waals surface area contributed by atoms with Crippen LogP contribution in [0.3, 0.4) is 0 Å². The molecule has 0 atom stereocenters. The fourth-order valence-electron chi connectivity index (χ4n) is 4.53. The number of carbonyl (C=O) groups excluding carboxylic acids is 3. The number of nitrogens with two attached hydrogens (primary N) is 1. The lowest BCUT2D eigenvalue weighted by atomic mass is 9.83. The normalized spacial score (nSPS) is 17.8. The molecule has 1 spiro atoms. The summed E-state index contributed by atoms with van der Waals surface area (Å²) < 4.78 is 8.09. The molecule has 0 aliphatic carbocycles. The topological polar surface area (TPSA) is 136 Å². The summed E-state index contributed by atoms with van der Waals surface area (Å²) in [6.45, 7) is 6.97. The lowest BCUT2D eigenvalue weighted by Gasteiger charge is -2.43. The molecule has 5 rings (SSSR count). The highest BCUT2D eigenvalue weighted by Crippen LogP contribution is 2.40. The zero-order chi connectivity index (χ0) is 23.5. The molecule has 10 heteroatoms. The van der Waals surface area contributed by atoms with Gasteiger partial charge in [0.1, 0.15) is 5.60 Å². The molecule has 172 valence electrons. The monoisotopic (exact) mass is 450 g/mol. The van der Waals surface area contributed by atoms with Crippen molar-refractivity contribution in [1.29, 1.82) is 0 Å². The van der Waals surface area contributed by atoms with Crippen LogP contribution < -0.4 is 10.5 Å². The van der Waals surface area contributed by atoms with Gasteiger partial charge in [-0.25, -0.2) is 0 Å². The summed E-state index contributed by atoms with van der Waals surface area (Å²) in [5.74, 6) is -0.306. The van der Waals surface area contributed by atoms with Crippen LogP contribution in [0.25, 0.3) is 10.9 Å². The summed E-state index contributed by atoms with van der Waals surface area (Å²) in [6, 6.07) is 5.05. The van der Waals surface area contributed by atoms with E-state index in [1.807, 2.05) is 20.8 Å². The molecule has 0 saturated carbocycles. The van der Waals surface area contributed by atoms with Gasteiger partial charge in [-0.2, -0.15) is 10.2 Å². The van der Waals surface area contributed by atoms with E-state index in [0.29, 0.717) is 53.8 Å². The Labute approximate surface area is 190 Å². The Morgan fingerprint density at radius 3 is 2.61 bits per heavy atom. The Morgan fingerprint density at radius 1 is 1.21 bits per heavy atom. The first-order chi connectivity index (χ1) is 15.6. The maximum absolute atomic E-state index is 13.2. The number of Topliss-reactive ketones (excluding diaryl/α,β-unsaturated/α-hetero) is 1. The predicted octanol–water partition coefficient (Wildman–Crippen LogP) is 2.25. The smallest absolute Gasteiger partial charge is 0.269 e. The Kier molecular flexibility index (Phi) is 4.59. The van der Waals surface area contributed by atoms with E-state index >= 15 is 0 Å². The molecule has 2 amide bonds. The van der Waals surface area contributed by atoms with Gasteiger partial charge >= 0.3 is 0 Å². The molecular weight excluding hydrogens is 424 g/mol. The van der Waals surface area contributed by atoms with Crippen LogP contribution >= 0.6 is 0 Å². The van der Waals surface area contributed by atoms with Gasteiger partial charge in [-0.15, -0.1) is 0 Å². The van der Waals surface area contributed by atoms with Crippen LogP contribution in [-0.4, -0.2) is 61.2 Å². The molecule has 1 fully saturated rings. The average molecular weight is 450 g/mol. The van der Waals surface area contributed by atoms with Gasteiger partial charge in [0.25, 0.3) is 11.8 Å². The van der Waals surface area contributed by atoms with Crippen LogP contribution in [-0.2, 0) is 5.54 Å². The number of nitrogens with zero attached hydrogens (tertiary/aromatic N) is 4. The molecule has 1 saturated heterocycles. The predicted molar refractivity (Wildman–Crippen MR) is 119 cm³/mol. The standard InChI is InChI=1S/C23H26N6O4/c1-22(2,3)29-12-17-19(27-29)16(30)11-23(33-17)6-8-28(9-7-23)21(32)13-4-5-15-14(10-13)18(20(24)31)26-25-15/h4-5,10,12H,6-9,11H2,1-3H3,(H2,24,31)(H,25,26). The van der Waals surface area contributed by atoms with Gasteiger partial charge in [-0.1, -0.05) is 0 Å². The maximum Gasteiger partial charge on any atom is 0.269 e. The van der Waals surface area contributed by atoms with Gasteiger partial charge in [-0.3, -0.25) is 24.2 Å². The Morgan fingerprint density at radius 2 is 1.94 bits per heavy atom. The van der Waals surface area contributed by atoms with Gasteiger partial charge in [-0.05, 0) is 39.0 Å². The van der Waals surface area contributed by atoms with Gasteiger partial charge in [0.2, 0.25) is 0 Å². The van der Waals surface area contributed by atoms with Crippen molar-refractivity contribution in [3.8, 4) is 5.75 Å². The number of aromatic nitrogens is 4. The first kappa shape index (κ1) is 21.2. The molecular formula is C23H26N6O4. The van der Waals surface area contributed by atoms with Crippen molar-refractivity contribution in [2.45, 2.75) is 51.2 Å². The number of hydrogen-bond acceptors (Lipinski definition) is 6. The Hall–Kier alpha value is -3.69. The second kappa shape index (κ2) is 7.16. The number of ketones is 1. The van der Waals surface area contributed by atoms with E-state index in [1.165, 1.54) is 0 Å². The van der Waals surface area contributed by atoms with Gasteiger partial charge < -0.3 is 15.4 Å². The number of rotatable bonds is 2. The molecule has 2 aliphatic heterocycles. The van der Waals surface area contributed by atoms with Crippen LogP contribution in [0.1, 0.15) is 71.4 Å². The second-order valence-corrected chi connectivity index (χ2v) is 9.83. The van der Waals surface area contributed by atoms with Crippen molar-refractivity contribution >= 4 is 28.5 Å². The molecule has 10 nitrogen and oxygen atoms in total. The number of likely N-dealkylation sites (tertiary alicyclic amines) is 1. The average Bonchev–Trinajstić information content (AvgIpc) is 3.37. The number of hydrogen-bond donors (Lipinski definition) is 2. The molecule has 0 unspecified atom stereocenters. The van der Waals surface area contributed by atoms with Crippen molar-refractivity contribution in [1.82, 2.24) is 24.9 Å². The minimum atomic E-state index is -0.654. The van der Waals surface area contributed by atoms with Crippen molar-refractivity contribution in [3.63, 3.8) is 0 Å². The third-order valence-electron chi connectivity index (χ3n) is 6.45. The number of fused-ring (bicyclic) bond motifs is 2. The molecule has 3 N–H and O–H groups in total. The number of amides is 2. The summed E-state index contributed by atoms with van der Waals surface area (Å²) >= 11 is 0. The Bertz CT molecular complexity index is 1290. The van der Waals surface area contributed by atoms with Gasteiger partial charge in [0, 0.05) is 36.9 Å². The maximum atomic E-state index is 13.2. The molecule has 1 aromatic carbocycles. The summed E-state index contributed by atoms with van der Waals surface area (Å²) in [5, 5.41) is 11.6. The highest BCUT2D eigenvalue weighted by Gasteiger charge is 2.45. The summed E-state index contributed by atoms with van der Waals surface area (Å²) in [4.78, 5) is 39.3. The van der Waals surface area contributed by atoms with Crippen LogP contribution in [0.2, 0.25) is 0 Å². The number of aromatic amines is 1. The lowest BCUT2D eigenvalue weighted by Crippen LogP contribution is -2.52. The quantitative estimate of drug-likeness (QED) is 0.615. The number of primary amides is 1. The number of piperidine rings is 1. The Balaban J connectivity index is 1.33. The van der Waals surface area contributed by atoms with E-state index in [-0.39, 0.29) is 29.3 Å². The van der Waals surface area contributed by atoms with E-state index in [9.17, 15) is 14.4 Å². The van der Waals surface area contributed by atoms with E-state index in [0.717, 1.165) is 0 Å². The van der Waals surface area contributed by atoms with Crippen LogP contribution in [0.5, 0.6) is 5.75 Å². The van der Waals surface area contributed by atoms with Crippen molar-refractivity contribution in [3.05, 3.63) is 41.3 Å². The number of carbonyl (C=O) groups is 3. The molecule has 4 heterocycles. The first-order valence-electron chi connectivity index (χ1n) is 11.0. The molecule has 2 aromatic heterocycles. The van der Waals surface area contributed by atoms with Crippen LogP contribution in [0.4, 0.5) is 0 Å². The lowest BCUT2D eigenvalue weighted by molar-refractivity contribution is -0.00586. The minimum absolute atomic E-state index is 0.0246. The summed E-state index contributed by atoms with van der Waals surface area (Å²) in [7, 11) is 0. The van der Waals surface area contributed by atoms with Crippen molar-refractivity contribution < 1.29 is 19.1 Å². The van der Waals surface area contributed by atoms with Crippen molar-refractivity contribution in [2.75, 3.05) is 13.1 Å². The number of nitrogens with one attached hydrogen (secondary N) is 1. The van der Waals surface area contributed by atoms with E-state index in [4.69, 9.17) is 10.5 Å². The van der Waals surface area contributed by atoms with Crippen LogP contribution in [0, 0.1) is 0 Å². The minimum Gasteiger partial charge on any atom is -0.483 e. The van der Waals surface area contributed by atoms with E-state index in [1.54, 1.807) is 34.0 Å². The molecule has 3 aromatic rings. The van der Waals surface area contributed by atoms with Crippen molar-refractivity contribution in [2.24, 2.45) is 5.73 Å². The highest BCUT2D eigenvalue weighted by molar-refractivity contribution is 6.06. The zero-order valence-corrected chi connectivity index (χ0v) is 18.8. The SMILES string of the molecule is CC(C)(C)n1cc2c(n1)C(=O)CC1(CCN(C(=O)c3ccc4[nH]nc(C(N)=O)c4c3)CC1)O2. The summed E-state index contributed by atoms with van der Waals surface area (Å²) in [5.41, 5.74) is 6.08. The summed E-state index contributed by atoms with van der Waals surface area (Å²) in [6.07, 6.45) is 3.14. The molecule has 0 bridgehead atoms. The molecule has 0 radical (unpaired) electrons. The third kappa shape index (κ3) is 3.55. The fraction of sp³-hybridized carbons (Fsp3) is 0.435. The second-order valence-electron chi connectivity index (χ2n) is 9.83. The largest absolute Gasteiger partial charge is 0.483 e. The van der Waals surface area contributed by atoms with Gasteiger partial charge in [0.15, 0.2) is 22.9 Å². The zero-order valence-electron chi connectivity index (χ0n) is 18.8. The molecule has 33 heavy (non-hydrogen) atoms. The number of ether oxygens (including phenoxy) is 1. The van der Waals surface area contributed by atoms with E-state index in [2.05, 4.69) is 15.3 Å². The highest BCUT2D eigenvalue weighted by atomic mass is 16.5. The van der Waals surface area contributed by atoms with Gasteiger partial charge in [0.05, 0.1) is 23.7 Å². The fourth-order valence-corrected chi connectivity index (χ4v) is 4.53.